The molecule has 0 bridgehead atoms. The fourth-order valence-electron chi connectivity index (χ4n) is 2.55. The lowest BCUT2D eigenvalue weighted by atomic mass is 9.88. The Morgan fingerprint density at radius 2 is 1.94 bits per heavy atom. The molecule has 0 spiro atoms. The predicted octanol–water partition coefficient (Wildman–Crippen LogP) is 2.79. The Morgan fingerprint density at radius 1 is 1.41 bits per heavy atom. The molecule has 3 heteroatoms. The van der Waals surface area contributed by atoms with Crippen molar-refractivity contribution in [3.63, 3.8) is 0 Å². The molecular weight excluding hydrogens is 234 g/mol. The van der Waals surface area contributed by atoms with Gasteiger partial charge in [0.05, 0.1) is 6.10 Å². The molecule has 1 aliphatic rings. The zero-order chi connectivity index (χ0) is 12.6. The van der Waals surface area contributed by atoms with Crippen LogP contribution in [0.5, 0.6) is 0 Å². The van der Waals surface area contributed by atoms with Gasteiger partial charge in [-0.3, -0.25) is 0 Å². The summed E-state index contributed by atoms with van der Waals surface area (Å²) < 4.78 is 0. The molecule has 1 fully saturated rings. The number of hydrogen-bond donors (Lipinski definition) is 2. The van der Waals surface area contributed by atoms with Crippen LogP contribution in [-0.2, 0) is 0 Å². The summed E-state index contributed by atoms with van der Waals surface area (Å²) in [5.41, 5.74) is 7.14. The van der Waals surface area contributed by atoms with Crippen LogP contribution in [0.2, 0.25) is 5.02 Å². The molecule has 0 aliphatic heterocycles. The van der Waals surface area contributed by atoms with Gasteiger partial charge in [-0.15, -0.1) is 0 Å². The summed E-state index contributed by atoms with van der Waals surface area (Å²) in [5, 5.41) is 11.1. The monoisotopic (exact) mass is 253 g/mol. The van der Waals surface area contributed by atoms with Gasteiger partial charge in [0.1, 0.15) is 0 Å². The highest BCUT2D eigenvalue weighted by Gasteiger charge is 2.51. The molecule has 0 amide bonds. The average Bonchev–Trinajstić information content (AvgIpc) is 2.91. The maximum absolute atomic E-state index is 10.4. The average molecular weight is 254 g/mol. The fraction of sp³-hybridized carbons (Fsp3) is 0.571. The molecule has 2 nitrogen and oxygen atoms in total. The summed E-state index contributed by atoms with van der Waals surface area (Å²) in [5.74, 6) is 0.380. The highest BCUT2D eigenvalue weighted by atomic mass is 35.5. The molecule has 17 heavy (non-hydrogen) atoms. The Balaban J connectivity index is 2.14. The van der Waals surface area contributed by atoms with E-state index in [0.717, 1.165) is 12.0 Å². The van der Waals surface area contributed by atoms with Crippen molar-refractivity contribution in [1.29, 1.82) is 0 Å². The summed E-state index contributed by atoms with van der Waals surface area (Å²) in [6.45, 7) is 4.85. The van der Waals surface area contributed by atoms with E-state index in [1.807, 2.05) is 24.3 Å². The van der Waals surface area contributed by atoms with Gasteiger partial charge in [0, 0.05) is 17.5 Å². The Bertz CT molecular complexity index is 388. The summed E-state index contributed by atoms with van der Waals surface area (Å²) in [7, 11) is 0. The minimum absolute atomic E-state index is 0.0130. The van der Waals surface area contributed by atoms with Gasteiger partial charge in [0.15, 0.2) is 0 Å². The molecule has 3 unspecified atom stereocenters. The Hall–Kier alpha value is -0.570. The lowest BCUT2D eigenvalue weighted by Gasteiger charge is -2.23. The first-order valence-corrected chi connectivity index (χ1v) is 6.47. The van der Waals surface area contributed by atoms with Gasteiger partial charge in [-0.2, -0.15) is 0 Å². The summed E-state index contributed by atoms with van der Waals surface area (Å²) in [4.78, 5) is 0. The fourth-order valence-corrected chi connectivity index (χ4v) is 2.68. The van der Waals surface area contributed by atoms with Crippen molar-refractivity contribution in [3.8, 4) is 0 Å². The van der Waals surface area contributed by atoms with Crippen LogP contribution in [0.1, 0.15) is 31.7 Å². The van der Waals surface area contributed by atoms with Crippen molar-refractivity contribution >= 4 is 11.6 Å². The number of halogens is 1. The molecule has 1 saturated carbocycles. The summed E-state index contributed by atoms with van der Waals surface area (Å²) >= 11 is 5.87. The number of hydrogen-bond acceptors (Lipinski definition) is 2. The standard InChI is InChI=1S/C14H20ClNO/c1-14(2)7-12(14)13(17)11(8-16)9-3-5-10(15)6-4-9/h3-6,11-13,17H,7-8,16H2,1-2H3. The quantitative estimate of drug-likeness (QED) is 0.867. The third kappa shape index (κ3) is 2.65. The highest BCUT2D eigenvalue weighted by Crippen LogP contribution is 2.55. The first kappa shape index (κ1) is 12.9. The maximum Gasteiger partial charge on any atom is 0.0654 e. The molecule has 0 heterocycles. The minimum atomic E-state index is -0.351. The molecule has 0 saturated heterocycles. The van der Waals surface area contributed by atoms with Crippen molar-refractivity contribution in [2.75, 3.05) is 6.54 Å². The third-order valence-corrected chi connectivity index (χ3v) is 4.22. The van der Waals surface area contributed by atoms with Crippen molar-refractivity contribution in [2.24, 2.45) is 17.1 Å². The van der Waals surface area contributed by atoms with Crippen molar-refractivity contribution in [3.05, 3.63) is 34.9 Å². The van der Waals surface area contributed by atoms with E-state index in [4.69, 9.17) is 17.3 Å². The van der Waals surface area contributed by atoms with Crippen LogP contribution < -0.4 is 5.73 Å². The zero-order valence-electron chi connectivity index (χ0n) is 10.4. The van der Waals surface area contributed by atoms with Crippen LogP contribution in [0, 0.1) is 11.3 Å². The van der Waals surface area contributed by atoms with Crippen LogP contribution in [-0.4, -0.2) is 17.8 Å². The summed E-state index contributed by atoms with van der Waals surface area (Å²) in [6.07, 6.45) is 0.731. The topological polar surface area (TPSA) is 46.2 Å². The van der Waals surface area contributed by atoms with E-state index >= 15 is 0 Å². The molecule has 3 N–H and O–H groups in total. The summed E-state index contributed by atoms with van der Waals surface area (Å²) in [6, 6.07) is 7.62. The van der Waals surface area contributed by atoms with E-state index < -0.39 is 0 Å². The Labute approximate surface area is 108 Å². The van der Waals surface area contributed by atoms with Gasteiger partial charge in [-0.1, -0.05) is 37.6 Å². The molecule has 94 valence electrons. The van der Waals surface area contributed by atoms with Crippen molar-refractivity contribution in [1.82, 2.24) is 0 Å². The molecule has 1 aromatic rings. The number of benzene rings is 1. The van der Waals surface area contributed by atoms with E-state index in [2.05, 4.69) is 13.8 Å². The molecular formula is C14H20ClNO. The van der Waals surface area contributed by atoms with E-state index in [-0.39, 0.29) is 17.4 Å². The SMILES string of the molecule is CC1(C)CC1C(O)C(CN)c1ccc(Cl)cc1. The lowest BCUT2D eigenvalue weighted by molar-refractivity contribution is 0.109. The van der Waals surface area contributed by atoms with E-state index in [1.54, 1.807) is 0 Å². The van der Waals surface area contributed by atoms with Crippen LogP contribution in [0.3, 0.4) is 0 Å². The first-order chi connectivity index (χ1) is 7.95. The number of aliphatic hydroxyl groups excluding tert-OH is 1. The van der Waals surface area contributed by atoms with Gasteiger partial charge in [-0.25, -0.2) is 0 Å². The Kier molecular flexibility index (Phi) is 3.48. The normalized spacial score (nSPS) is 25.4. The van der Waals surface area contributed by atoms with Gasteiger partial charge < -0.3 is 10.8 Å². The van der Waals surface area contributed by atoms with Crippen LogP contribution in [0.25, 0.3) is 0 Å². The van der Waals surface area contributed by atoms with Gasteiger partial charge >= 0.3 is 0 Å². The molecule has 2 rings (SSSR count). The van der Waals surface area contributed by atoms with Gasteiger partial charge in [0.2, 0.25) is 0 Å². The van der Waals surface area contributed by atoms with E-state index in [1.165, 1.54) is 0 Å². The van der Waals surface area contributed by atoms with Gasteiger partial charge in [0.25, 0.3) is 0 Å². The Morgan fingerprint density at radius 3 is 2.35 bits per heavy atom. The van der Waals surface area contributed by atoms with E-state index in [0.29, 0.717) is 17.5 Å². The van der Waals surface area contributed by atoms with Crippen molar-refractivity contribution in [2.45, 2.75) is 32.3 Å². The van der Waals surface area contributed by atoms with Crippen LogP contribution in [0.4, 0.5) is 0 Å². The second-order valence-electron chi connectivity index (χ2n) is 5.68. The minimum Gasteiger partial charge on any atom is -0.392 e. The lowest BCUT2D eigenvalue weighted by Crippen LogP contribution is -2.29. The number of aliphatic hydroxyl groups is 1. The van der Waals surface area contributed by atoms with Crippen LogP contribution in [0.15, 0.2) is 24.3 Å². The smallest absolute Gasteiger partial charge is 0.0654 e. The number of nitrogens with two attached hydrogens (primary N) is 1. The highest BCUT2D eigenvalue weighted by molar-refractivity contribution is 6.30. The third-order valence-electron chi connectivity index (χ3n) is 3.97. The second-order valence-corrected chi connectivity index (χ2v) is 6.12. The molecule has 1 aliphatic carbocycles. The molecule has 3 atom stereocenters. The zero-order valence-corrected chi connectivity index (χ0v) is 11.1. The predicted molar refractivity (Wildman–Crippen MR) is 71.1 cm³/mol. The molecule has 0 radical (unpaired) electrons. The molecule has 0 aromatic heterocycles. The maximum atomic E-state index is 10.4. The second kappa shape index (κ2) is 4.60. The van der Waals surface area contributed by atoms with Crippen LogP contribution >= 0.6 is 11.6 Å². The largest absolute Gasteiger partial charge is 0.392 e. The molecule has 1 aromatic carbocycles. The van der Waals surface area contributed by atoms with E-state index in [9.17, 15) is 5.11 Å². The number of rotatable bonds is 4. The first-order valence-electron chi connectivity index (χ1n) is 6.09. The van der Waals surface area contributed by atoms with Gasteiger partial charge in [-0.05, 0) is 35.4 Å². The van der Waals surface area contributed by atoms with Crippen molar-refractivity contribution < 1.29 is 5.11 Å².